The molecule has 1 aromatic rings. The Balaban J connectivity index is 2.74. The third kappa shape index (κ3) is 5.55. The van der Waals surface area contributed by atoms with Crippen LogP contribution in [-0.4, -0.2) is 29.7 Å². The van der Waals surface area contributed by atoms with Gasteiger partial charge >= 0.3 is 0 Å². The van der Waals surface area contributed by atoms with Gasteiger partial charge in [0.1, 0.15) is 11.6 Å². The topological polar surface area (TPSA) is 47.0 Å². The predicted molar refractivity (Wildman–Crippen MR) is 79.6 cm³/mol. The molecule has 1 unspecified atom stereocenters. The number of hydrogen-bond donors (Lipinski definition) is 1. The van der Waals surface area contributed by atoms with Crippen LogP contribution >= 0.6 is 0 Å². The number of anilines is 1. The summed E-state index contributed by atoms with van der Waals surface area (Å²) in [6.45, 7) is 7.14. The van der Waals surface area contributed by atoms with Crippen LogP contribution in [0.15, 0.2) is 6.20 Å². The molecule has 0 saturated carbocycles. The van der Waals surface area contributed by atoms with Crippen LogP contribution in [0.4, 0.5) is 5.82 Å². The molecule has 1 rings (SSSR count). The van der Waals surface area contributed by atoms with Gasteiger partial charge < -0.3 is 10.1 Å². The summed E-state index contributed by atoms with van der Waals surface area (Å²) in [5.41, 5.74) is 1.19. The molecule has 108 valence electrons. The second-order valence-electron chi connectivity index (χ2n) is 4.93. The number of ether oxygens (including phenoxy) is 1. The summed E-state index contributed by atoms with van der Waals surface area (Å²) in [7, 11) is 1.74. The summed E-state index contributed by atoms with van der Waals surface area (Å²) in [6, 6.07) is 0.500. The van der Waals surface area contributed by atoms with E-state index in [4.69, 9.17) is 4.74 Å². The lowest BCUT2D eigenvalue weighted by Crippen LogP contribution is -2.20. The molecule has 4 nitrogen and oxygen atoms in total. The fourth-order valence-corrected chi connectivity index (χ4v) is 2.13. The van der Waals surface area contributed by atoms with Crippen molar-refractivity contribution in [1.29, 1.82) is 0 Å². The fourth-order valence-electron chi connectivity index (χ4n) is 2.13. The van der Waals surface area contributed by atoms with E-state index in [-0.39, 0.29) is 0 Å². The molecule has 0 spiro atoms. The maximum Gasteiger partial charge on any atom is 0.133 e. The Morgan fingerprint density at radius 3 is 2.79 bits per heavy atom. The Kier molecular flexibility index (Phi) is 7.41. The molecule has 0 bridgehead atoms. The minimum atomic E-state index is 0.500. The molecule has 0 fully saturated rings. The van der Waals surface area contributed by atoms with Crippen LogP contribution in [0.5, 0.6) is 0 Å². The lowest BCUT2D eigenvalue weighted by molar-refractivity contribution is 0.195. The van der Waals surface area contributed by atoms with Crippen molar-refractivity contribution >= 4 is 5.82 Å². The minimum absolute atomic E-state index is 0.500. The normalized spacial score (nSPS) is 12.4. The highest BCUT2D eigenvalue weighted by Crippen LogP contribution is 2.17. The molecule has 4 heteroatoms. The fraction of sp³-hybridized carbons (Fsp3) is 0.733. The van der Waals surface area contributed by atoms with E-state index in [0.29, 0.717) is 6.04 Å². The molecule has 0 aliphatic heterocycles. The van der Waals surface area contributed by atoms with Gasteiger partial charge in [-0.1, -0.05) is 20.3 Å². The van der Waals surface area contributed by atoms with Gasteiger partial charge in [-0.3, -0.25) is 0 Å². The zero-order valence-corrected chi connectivity index (χ0v) is 12.7. The van der Waals surface area contributed by atoms with Crippen molar-refractivity contribution in [2.24, 2.45) is 0 Å². The molecule has 1 N–H and O–H groups in total. The van der Waals surface area contributed by atoms with Crippen LogP contribution in [0, 0.1) is 6.92 Å². The smallest absolute Gasteiger partial charge is 0.133 e. The second-order valence-corrected chi connectivity index (χ2v) is 4.93. The van der Waals surface area contributed by atoms with Crippen LogP contribution in [0.2, 0.25) is 0 Å². The molecule has 1 atom stereocenters. The summed E-state index contributed by atoms with van der Waals surface area (Å²) >= 11 is 0. The van der Waals surface area contributed by atoms with Crippen molar-refractivity contribution in [3.05, 3.63) is 17.6 Å². The van der Waals surface area contributed by atoms with E-state index in [1.54, 1.807) is 7.11 Å². The summed E-state index contributed by atoms with van der Waals surface area (Å²) in [5, 5.41) is 3.57. The number of rotatable bonds is 9. The van der Waals surface area contributed by atoms with Crippen molar-refractivity contribution in [3.63, 3.8) is 0 Å². The van der Waals surface area contributed by atoms with Gasteiger partial charge in [0, 0.05) is 31.5 Å². The molecule has 0 aliphatic rings. The van der Waals surface area contributed by atoms with Crippen LogP contribution in [-0.2, 0) is 11.2 Å². The molecule has 0 saturated heterocycles. The maximum atomic E-state index is 5.11. The summed E-state index contributed by atoms with van der Waals surface area (Å²) < 4.78 is 5.11. The van der Waals surface area contributed by atoms with E-state index in [9.17, 15) is 0 Å². The van der Waals surface area contributed by atoms with Crippen LogP contribution in [0.3, 0.4) is 0 Å². The van der Waals surface area contributed by atoms with E-state index in [0.717, 1.165) is 37.5 Å². The van der Waals surface area contributed by atoms with Gasteiger partial charge in [0.05, 0.1) is 0 Å². The van der Waals surface area contributed by atoms with Crippen LogP contribution < -0.4 is 5.32 Å². The van der Waals surface area contributed by atoms with E-state index in [2.05, 4.69) is 29.1 Å². The standard InChI is InChI=1S/C15H27N3O/c1-5-8-14(6-2)18-15-13(9-7-10-19-4)11-16-12(3)17-15/h11,14H,5-10H2,1-4H3,(H,16,17,18). The number of aryl methyl sites for hydroxylation is 2. The molecular weight excluding hydrogens is 238 g/mol. The van der Waals surface area contributed by atoms with Crippen molar-refractivity contribution < 1.29 is 4.74 Å². The van der Waals surface area contributed by atoms with Crippen molar-refractivity contribution in [2.45, 2.75) is 58.9 Å². The van der Waals surface area contributed by atoms with E-state index >= 15 is 0 Å². The Bertz CT molecular complexity index is 368. The number of aromatic nitrogens is 2. The SMILES string of the molecule is CCCC(CC)Nc1nc(C)ncc1CCCOC. The minimum Gasteiger partial charge on any atom is -0.385 e. The monoisotopic (exact) mass is 265 g/mol. The van der Waals surface area contributed by atoms with Gasteiger partial charge in [0.25, 0.3) is 0 Å². The molecule has 19 heavy (non-hydrogen) atoms. The summed E-state index contributed by atoms with van der Waals surface area (Å²) in [6.07, 6.45) is 7.39. The van der Waals surface area contributed by atoms with Crippen molar-refractivity contribution in [3.8, 4) is 0 Å². The molecular formula is C15H27N3O. The Morgan fingerprint density at radius 1 is 1.37 bits per heavy atom. The van der Waals surface area contributed by atoms with Crippen molar-refractivity contribution in [2.75, 3.05) is 19.0 Å². The third-order valence-electron chi connectivity index (χ3n) is 3.25. The Labute approximate surface area is 117 Å². The molecule has 1 heterocycles. The number of nitrogens with zero attached hydrogens (tertiary/aromatic N) is 2. The zero-order valence-electron chi connectivity index (χ0n) is 12.7. The third-order valence-corrected chi connectivity index (χ3v) is 3.25. The van der Waals surface area contributed by atoms with Gasteiger partial charge in [-0.05, 0) is 32.6 Å². The average molecular weight is 265 g/mol. The van der Waals surface area contributed by atoms with Crippen LogP contribution in [0.25, 0.3) is 0 Å². The quantitative estimate of drug-likeness (QED) is 0.696. The maximum absolute atomic E-state index is 5.11. The molecule has 0 amide bonds. The first kappa shape index (κ1) is 15.9. The first-order valence-electron chi connectivity index (χ1n) is 7.29. The number of methoxy groups -OCH3 is 1. The molecule has 0 aliphatic carbocycles. The van der Waals surface area contributed by atoms with Gasteiger partial charge in [-0.25, -0.2) is 9.97 Å². The summed E-state index contributed by atoms with van der Waals surface area (Å²) in [4.78, 5) is 8.86. The highest BCUT2D eigenvalue weighted by Gasteiger charge is 2.10. The van der Waals surface area contributed by atoms with Gasteiger partial charge in [-0.2, -0.15) is 0 Å². The highest BCUT2D eigenvalue weighted by atomic mass is 16.5. The van der Waals surface area contributed by atoms with E-state index in [1.807, 2.05) is 13.1 Å². The number of nitrogens with one attached hydrogen (secondary N) is 1. The first-order valence-corrected chi connectivity index (χ1v) is 7.29. The van der Waals surface area contributed by atoms with E-state index in [1.165, 1.54) is 18.4 Å². The van der Waals surface area contributed by atoms with Gasteiger partial charge in [0.15, 0.2) is 0 Å². The number of hydrogen-bond acceptors (Lipinski definition) is 4. The zero-order chi connectivity index (χ0) is 14.1. The first-order chi connectivity index (χ1) is 9.21. The largest absolute Gasteiger partial charge is 0.385 e. The second kappa shape index (κ2) is 8.86. The lowest BCUT2D eigenvalue weighted by atomic mass is 10.1. The molecule has 0 radical (unpaired) electrons. The lowest BCUT2D eigenvalue weighted by Gasteiger charge is -2.19. The Morgan fingerprint density at radius 2 is 2.16 bits per heavy atom. The molecule has 1 aromatic heterocycles. The predicted octanol–water partition coefficient (Wildman–Crippen LogP) is 3.35. The Hall–Kier alpha value is -1.16. The van der Waals surface area contributed by atoms with Gasteiger partial charge in [-0.15, -0.1) is 0 Å². The van der Waals surface area contributed by atoms with Gasteiger partial charge in [0.2, 0.25) is 0 Å². The molecule has 0 aromatic carbocycles. The highest BCUT2D eigenvalue weighted by molar-refractivity contribution is 5.44. The van der Waals surface area contributed by atoms with Crippen molar-refractivity contribution in [1.82, 2.24) is 9.97 Å². The van der Waals surface area contributed by atoms with Crippen LogP contribution in [0.1, 0.15) is 50.9 Å². The van der Waals surface area contributed by atoms with E-state index < -0.39 is 0 Å². The summed E-state index contributed by atoms with van der Waals surface area (Å²) in [5.74, 6) is 1.83. The average Bonchev–Trinajstić information content (AvgIpc) is 2.41.